The Balaban J connectivity index is 1.67. The number of benzene rings is 1. The number of nitrogens with zero attached hydrogens (tertiary/aromatic N) is 3. The highest BCUT2D eigenvalue weighted by molar-refractivity contribution is 7.09. The van der Waals surface area contributed by atoms with Crippen LogP contribution in [0.2, 0.25) is 0 Å². The van der Waals surface area contributed by atoms with Gasteiger partial charge in [-0.15, -0.1) is 11.3 Å². The lowest BCUT2D eigenvalue weighted by Crippen LogP contribution is -2.38. The van der Waals surface area contributed by atoms with Gasteiger partial charge in [-0.3, -0.25) is 4.79 Å². The van der Waals surface area contributed by atoms with E-state index in [2.05, 4.69) is 10.1 Å². The summed E-state index contributed by atoms with van der Waals surface area (Å²) in [6.45, 7) is 0.739. The van der Waals surface area contributed by atoms with E-state index in [1.807, 2.05) is 40.6 Å². The first kappa shape index (κ1) is 15.1. The maximum atomic E-state index is 13.2. The maximum Gasteiger partial charge on any atom is 0.260 e. The van der Waals surface area contributed by atoms with Crippen LogP contribution in [-0.4, -0.2) is 27.5 Å². The maximum absolute atomic E-state index is 13.2. The molecule has 0 radical (unpaired) electrons. The molecule has 5 nitrogen and oxygen atoms in total. The Kier molecular flexibility index (Phi) is 4.13. The van der Waals surface area contributed by atoms with Crippen molar-refractivity contribution in [2.45, 2.75) is 25.3 Å². The molecule has 0 N–H and O–H groups in total. The minimum Gasteiger partial charge on any atom is -0.363 e. The standard InChI is InChI=1S/C18H17N3O2S/c22-18(14-12-23-20-16(14)13-6-2-1-3-7-13)21-10-5-4-8-15(21)17-19-9-11-24-17/h1-3,6-7,9,11-12,15H,4-5,8,10H2. The zero-order chi connectivity index (χ0) is 16.4. The van der Waals surface area contributed by atoms with Gasteiger partial charge in [-0.2, -0.15) is 0 Å². The third kappa shape index (κ3) is 2.73. The average Bonchev–Trinajstić information content (AvgIpc) is 3.33. The number of thiazole rings is 1. The number of hydrogen-bond donors (Lipinski definition) is 0. The van der Waals surface area contributed by atoms with E-state index in [9.17, 15) is 4.79 Å². The van der Waals surface area contributed by atoms with Gasteiger partial charge in [0.2, 0.25) is 0 Å². The molecule has 3 heterocycles. The Hall–Kier alpha value is -2.47. The normalized spacial score (nSPS) is 17.8. The zero-order valence-electron chi connectivity index (χ0n) is 13.1. The summed E-state index contributed by atoms with van der Waals surface area (Å²) >= 11 is 1.60. The van der Waals surface area contributed by atoms with Crippen LogP contribution in [0, 0.1) is 0 Å². The van der Waals surface area contributed by atoms with Gasteiger partial charge < -0.3 is 9.42 Å². The van der Waals surface area contributed by atoms with Crippen LogP contribution >= 0.6 is 11.3 Å². The zero-order valence-corrected chi connectivity index (χ0v) is 13.9. The fourth-order valence-corrected chi connectivity index (χ4v) is 3.96. The Labute approximate surface area is 143 Å². The average molecular weight is 339 g/mol. The van der Waals surface area contributed by atoms with Crippen molar-refractivity contribution in [2.24, 2.45) is 0 Å². The van der Waals surface area contributed by atoms with Crippen molar-refractivity contribution in [2.75, 3.05) is 6.54 Å². The van der Waals surface area contributed by atoms with Gasteiger partial charge >= 0.3 is 0 Å². The first-order chi connectivity index (χ1) is 11.8. The molecule has 1 aliphatic heterocycles. The molecule has 4 rings (SSSR count). The van der Waals surface area contributed by atoms with Crippen LogP contribution in [0.1, 0.15) is 40.7 Å². The Morgan fingerprint density at radius 2 is 2.12 bits per heavy atom. The summed E-state index contributed by atoms with van der Waals surface area (Å²) in [5, 5.41) is 7.02. The summed E-state index contributed by atoms with van der Waals surface area (Å²) < 4.78 is 5.13. The minimum atomic E-state index is -0.0324. The third-order valence-corrected chi connectivity index (χ3v) is 5.22. The van der Waals surface area contributed by atoms with Gasteiger partial charge in [-0.05, 0) is 19.3 Å². The van der Waals surface area contributed by atoms with Gasteiger partial charge in [-0.1, -0.05) is 35.5 Å². The van der Waals surface area contributed by atoms with Crippen molar-refractivity contribution in [3.05, 3.63) is 58.7 Å². The smallest absolute Gasteiger partial charge is 0.260 e. The highest BCUT2D eigenvalue weighted by Crippen LogP contribution is 2.34. The first-order valence-corrected chi connectivity index (χ1v) is 8.92. The lowest BCUT2D eigenvalue weighted by molar-refractivity contribution is 0.0611. The van der Waals surface area contributed by atoms with Crippen LogP contribution < -0.4 is 0 Å². The number of aromatic nitrogens is 2. The lowest BCUT2D eigenvalue weighted by atomic mass is 10.0. The molecule has 1 saturated heterocycles. The van der Waals surface area contributed by atoms with Gasteiger partial charge in [0, 0.05) is 23.7 Å². The molecule has 3 aromatic rings. The van der Waals surface area contributed by atoms with Gasteiger partial charge in [0.15, 0.2) is 0 Å². The number of likely N-dealkylation sites (tertiary alicyclic amines) is 1. The van der Waals surface area contributed by atoms with Crippen molar-refractivity contribution >= 4 is 17.2 Å². The van der Waals surface area contributed by atoms with Crippen molar-refractivity contribution in [3.8, 4) is 11.3 Å². The fraction of sp³-hybridized carbons (Fsp3) is 0.278. The van der Waals surface area contributed by atoms with Crippen molar-refractivity contribution in [3.63, 3.8) is 0 Å². The van der Waals surface area contributed by atoms with Crippen LogP contribution in [-0.2, 0) is 0 Å². The van der Waals surface area contributed by atoms with Gasteiger partial charge in [0.05, 0.1) is 6.04 Å². The number of piperidine rings is 1. The largest absolute Gasteiger partial charge is 0.363 e. The van der Waals surface area contributed by atoms with Crippen LogP contribution in [0.25, 0.3) is 11.3 Å². The number of amides is 1. The second-order valence-electron chi connectivity index (χ2n) is 5.82. The molecule has 24 heavy (non-hydrogen) atoms. The van der Waals surface area contributed by atoms with E-state index in [0.717, 1.165) is 36.4 Å². The predicted octanol–water partition coefficient (Wildman–Crippen LogP) is 4.17. The van der Waals surface area contributed by atoms with Crippen LogP contribution in [0.3, 0.4) is 0 Å². The SMILES string of the molecule is O=C(c1conc1-c1ccccc1)N1CCCCC1c1nccs1. The Bertz CT molecular complexity index is 814. The molecule has 1 aliphatic rings. The van der Waals surface area contributed by atoms with Crippen LogP contribution in [0.4, 0.5) is 0 Å². The summed E-state index contributed by atoms with van der Waals surface area (Å²) in [6.07, 6.45) is 6.33. The van der Waals surface area contributed by atoms with Gasteiger partial charge in [-0.25, -0.2) is 4.98 Å². The number of hydrogen-bond acceptors (Lipinski definition) is 5. The second kappa shape index (κ2) is 6.57. The molecular formula is C18H17N3O2S. The monoisotopic (exact) mass is 339 g/mol. The summed E-state index contributed by atoms with van der Waals surface area (Å²) in [4.78, 5) is 19.5. The summed E-state index contributed by atoms with van der Waals surface area (Å²) in [6, 6.07) is 9.71. The van der Waals surface area contributed by atoms with E-state index >= 15 is 0 Å². The van der Waals surface area contributed by atoms with Gasteiger partial charge in [0.25, 0.3) is 5.91 Å². The quantitative estimate of drug-likeness (QED) is 0.719. The first-order valence-electron chi connectivity index (χ1n) is 8.05. The van der Waals surface area contributed by atoms with E-state index in [1.54, 1.807) is 17.5 Å². The summed E-state index contributed by atoms with van der Waals surface area (Å²) in [5.41, 5.74) is 2.01. The third-order valence-electron chi connectivity index (χ3n) is 4.35. The lowest BCUT2D eigenvalue weighted by Gasteiger charge is -2.34. The molecule has 6 heteroatoms. The molecule has 1 fully saturated rings. The molecule has 1 amide bonds. The summed E-state index contributed by atoms with van der Waals surface area (Å²) in [5.74, 6) is -0.0324. The van der Waals surface area contributed by atoms with Crippen molar-refractivity contribution in [1.29, 1.82) is 0 Å². The molecular weight excluding hydrogens is 322 g/mol. The van der Waals surface area contributed by atoms with E-state index < -0.39 is 0 Å². The molecule has 0 aliphatic carbocycles. The van der Waals surface area contributed by atoms with Gasteiger partial charge in [0.1, 0.15) is 22.5 Å². The van der Waals surface area contributed by atoms with E-state index in [1.165, 1.54) is 6.26 Å². The molecule has 1 unspecified atom stereocenters. The number of rotatable bonds is 3. The second-order valence-corrected chi connectivity index (χ2v) is 6.75. The highest BCUT2D eigenvalue weighted by Gasteiger charge is 2.32. The highest BCUT2D eigenvalue weighted by atomic mass is 32.1. The predicted molar refractivity (Wildman–Crippen MR) is 91.7 cm³/mol. The molecule has 2 aromatic heterocycles. The molecule has 1 aromatic carbocycles. The van der Waals surface area contributed by atoms with E-state index in [-0.39, 0.29) is 11.9 Å². The molecule has 0 spiro atoms. The van der Waals surface area contributed by atoms with Crippen LogP contribution in [0.15, 0.2) is 52.7 Å². The van der Waals surface area contributed by atoms with E-state index in [0.29, 0.717) is 11.3 Å². The van der Waals surface area contributed by atoms with Crippen molar-refractivity contribution in [1.82, 2.24) is 15.0 Å². The topological polar surface area (TPSA) is 59.2 Å². The summed E-state index contributed by atoms with van der Waals surface area (Å²) in [7, 11) is 0. The van der Waals surface area contributed by atoms with E-state index in [4.69, 9.17) is 4.52 Å². The minimum absolute atomic E-state index is 0.0324. The molecule has 0 bridgehead atoms. The molecule has 122 valence electrons. The number of carbonyl (C=O) groups is 1. The van der Waals surface area contributed by atoms with Crippen molar-refractivity contribution < 1.29 is 9.32 Å². The number of carbonyl (C=O) groups excluding carboxylic acids is 1. The van der Waals surface area contributed by atoms with Crippen LogP contribution in [0.5, 0.6) is 0 Å². The fourth-order valence-electron chi connectivity index (χ4n) is 3.18. The molecule has 0 saturated carbocycles. The Morgan fingerprint density at radius 3 is 2.92 bits per heavy atom. The molecule has 1 atom stereocenters. The Morgan fingerprint density at radius 1 is 1.25 bits per heavy atom.